The molecule has 0 saturated heterocycles. The van der Waals surface area contributed by atoms with E-state index in [1.165, 1.54) is 7.11 Å². The molecule has 92 valence electrons. The van der Waals surface area contributed by atoms with Gasteiger partial charge in [-0.2, -0.15) is 10.4 Å². The number of rotatable bonds is 3. The maximum absolute atomic E-state index is 9.21. The van der Waals surface area contributed by atoms with E-state index >= 15 is 0 Å². The monoisotopic (exact) mass is 262 g/mol. The van der Waals surface area contributed by atoms with E-state index < -0.39 is 0 Å². The maximum Gasteiger partial charge on any atom is 0.200 e. The summed E-state index contributed by atoms with van der Waals surface area (Å²) in [5.41, 5.74) is 1.11. The standard InChI is InChI=1S/C11H10N4O2S/c1-17-9-4-7(5-12)2-3-8(9)15-10(6-16)13-14-11(15)18/h2-4,16H,6H2,1H3,(H,14,18). The van der Waals surface area contributed by atoms with Gasteiger partial charge in [0.15, 0.2) is 10.6 Å². The summed E-state index contributed by atoms with van der Waals surface area (Å²) in [6.07, 6.45) is 0. The Hall–Kier alpha value is -2.17. The van der Waals surface area contributed by atoms with E-state index in [0.717, 1.165) is 0 Å². The third kappa shape index (κ3) is 1.99. The first-order chi connectivity index (χ1) is 8.71. The van der Waals surface area contributed by atoms with Crippen LogP contribution in [0, 0.1) is 16.1 Å². The van der Waals surface area contributed by atoms with Gasteiger partial charge in [0.1, 0.15) is 12.4 Å². The average molecular weight is 262 g/mol. The molecule has 0 aliphatic rings. The Kier molecular flexibility index (Phi) is 3.41. The number of ether oxygens (including phenoxy) is 1. The Bertz CT molecular complexity index is 668. The van der Waals surface area contributed by atoms with Gasteiger partial charge in [0, 0.05) is 6.07 Å². The summed E-state index contributed by atoms with van der Waals surface area (Å²) in [7, 11) is 1.50. The highest BCUT2D eigenvalue weighted by Crippen LogP contribution is 2.25. The van der Waals surface area contributed by atoms with Crippen LogP contribution in [-0.4, -0.2) is 27.0 Å². The minimum atomic E-state index is -0.254. The van der Waals surface area contributed by atoms with Crippen LogP contribution in [0.2, 0.25) is 0 Å². The van der Waals surface area contributed by atoms with E-state index in [4.69, 9.17) is 22.2 Å². The molecule has 6 nitrogen and oxygen atoms in total. The summed E-state index contributed by atoms with van der Waals surface area (Å²) >= 11 is 5.10. The number of benzene rings is 1. The van der Waals surface area contributed by atoms with E-state index in [1.807, 2.05) is 6.07 Å². The van der Waals surface area contributed by atoms with Gasteiger partial charge in [0.25, 0.3) is 0 Å². The largest absolute Gasteiger partial charge is 0.495 e. The molecule has 0 spiro atoms. The van der Waals surface area contributed by atoms with E-state index in [0.29, 0.717) is 27.6 Å². The lowest BCUT2D eigenvalue weighted by atomic mass is 10.2. The summed E-state index contributed by atoms with van der Waals surface area (Å²) in [6, 6.07) is 6.97. The Morgan fingerprint density at radius 2 is 2.39 bits per heavy atom. The third-order valence-corrected chi connectivity index (χ3v) is 2.71. The van der Waals surface area contributed by atoms with Gasteiger partial charge in [0.05, 0.1) is 24.4 Å². The van der Waals surface area contributed by atoms with Crippen LogP contribution >= 0.6 is 12.2 Å². The lowest BCUT2D eigenvalue weighted by molar-refractivity contribution is 0.268. The van der Waals surface area contributed by atoms with Crippen LogP contribution in [0.1, 0.15) is 11.4 Å². The molecule has 1 aromatic carbocycles. The fraction of sp³-hybridized carbons (Fsp3) is 0.182. The van der Waals surface area contributed by atoms with Gasteiger partial charge >= 0.3 is 0 Å². The van der Waals surface area contributed by atoms with Gasteiger partial charge in [-0.3, -0.25) is 9.67 Å². The number of methoxy groups -OCH3 is 1. The Morgan fingerprint density at radius 3 is 3.00 bits per heavy atom. The van der Waals surface area contributed by atoms with Crippen molar-refractivity contribution in [2.24, 2.45) is 0 Å². The number of nitrogens with zero attached hydrogens (tertiary/aromatic N) is 3. The smallest absolute Gasteiger partial charge is 0.200 e. The van der Waals surface area contributed by atoms with Gasteiger partial charge in [-0.15, -0.1) is 0 Å². The Labute approximate surface area is 108 Å². The van der Waals surface area contributed by atoms with Gasteiger partial charge < -0.3 is 9.84 Å². The van der Waals surface area contributed by atoms with Crippen molar-refractivity contribution in [3.05, 3.63) is 34.4 Å². The summed E-state index contributed by atoms with van der Waals surface area (Å²) in [6.45, 7) is -0.254. The molecule has 0 saturated carbocycles. The molecule has 2 N–H and O–H groups in total. The molecule has 0 radical (unpaired) electrons. The topological polar surface area (TPSA) is 86.9 Å². The molecule has 7 heteroatoms. The predicted molar refractivity (Wildman–Crippen MR) is 65.9 cm³/mol. The van der Waals surface area contributed by atoms with Crippen molar-refractivity contribution in [3.8, 4) is 17.5 Å². The van der Waals surface area contributed by atoms with Gasteiger partial charge in [-0.25, -0.2) is 0 Å². The fourth-order valence-electron chi connectivity index (χ4n) is 1.62. The second-order valence-electron chi connectivity index (χ2n) is 3.44. The zero-order valence-corrected chi connectivity index (χ0v) is 10.4. The summed E-state index contributed by atoms with van der Waals surface area (Å²) in [5.74, 6) is 0.865. The first-order valence-corrected chi connectivity index (χ1v) is 5.47. The quantitative estimate of drug-likeness (QED) is 0.814. The molecule has 0 amide bonds. The third-order valence-electron chi connectivity index (χ3n) is 2.43. The molecule has 0 aliphatic heterocycles. The molecule has 0 fully saturated rings. The highest BCUT2D eigenvalue weighted by Gasteiger charge is 2.12. The van der Waals surface area contributed by atoms with Crippen molar-refractivity contribution in [2.75, 3.05) is 7.11 Å². The number of aromatic nitrogens is 3. The van der Waals surface area contributed by atoms with Crippen LogP contribution < -0.4 is 4.74 Å². The predicted octanol–water partition coefficient (Wildman–Crippen LogP) is 1.30. The molecule has 2 aromatic rings. The Balaban J connectivity index is 2.68. The van der Waals surface area contributed by atoms with Crippen LogP contribution in [0.3, 0.4) is 0 Å². The zero-order chi connectivity index (χ0) is 13.1. The number of nitrogens with one attached hydrogen (secondary N) is 1. The van der Waals surface area contributed by atoms with Crippen LogP contribution in [-0.2, 0) is 6.61 Å². The minimum absolute atomic E-state index is 0.254. The molecule has 18 heavy (non-hydrogen) atoms. The Morgan fingerprint density at radius 1 is 1.61 bits per heavy atom. The van der Waals surface area contributed by atoms with Gasteiger partial charge in [-0.1, -0.05) is 0 Å². The molecular weight excluding hydrogens is 252 g/mol. The molecule has 0 bridgehead atoms. The number of H-pyrrole nitrogens is 1. The number of aliphatic hydroxyl groups is 1. The number of aliphatic hydroxyl groups excluding tert-OH is 1. The lowest BCUT2D eigenvalue weighted by Gasteiger charge is -2.10. The molecule has 0 unspecified atom stereocenters. The fourth-order valence-corrected chi connectivity index (χ4v) is 1.87. The van der Waals surface area contributed by atoms with Gasteiger partial charge in [0.2, 0.25) is 0 Å². The second kappa shape index (κ2) is 5.00. The SMILES string of the molecule is COc1cc(C#N)ccc1-n1c(CO)n[nH]c1=S. The summed E-state index contributed by atoms with van der Waals surface area (Å²) < 4.78 is 7.14. The molecule has 0 atom stereocenters. The number of hydrogen-bond acceptors (Lipinski definition) is 5. The normalized spacial score (nSPS) is 10.1. The first kappa shape index (κ1) is 12.3. The van der Waals surface area contributed by atoms with Crippen molar-refractivity contribution in [1.29, 1.82) is 5.26 Å². The summed E-state index contributed by atoms with van der Waals surface area (Å²) in [4.78, 5) is 0. The van der Waals surface area contributed by atoms with Crippen molar-refractivity contribution >= 4 is 12.2 Å². The van der Waals surface area contributed by atoms with Crippen molar-refractivity contribution in [3.63, 3.8) is 0 Å². The van der Waals surface area contributed by atoms with Crippen molar-refractivity contribution < 1.29 is 9.84 Å². The maximum atomic E-state index is 9.21. The highest BCUT2D eigenvalue weighted by atomic mass is 32.1. The number of hydrogen-bond donors (Lipinski definition) is 2. The van der Waals surface area contributed by atoms with Crippen LogP contribution in [0.15, 0.2) is 18.2 Å². The number of aromatic amines is 1. The van der Waals surface area contributed by atoms with E-state index in [1.54, 1.807) is 22.8 Å². The van der Waals surface area contributed by atoms with Gasteiger partial charge in [-0.05, 0) is 24.4 Å². The lowest BCUT2D eigenvalue weighted by Crippen LogP contribution is -2.03. The second-order valence-corrected chi connectivity index (χ2v) is 3.82. The minimum Gasteiger partial charge on any atom is -0.495 e. The molecule has 2 rings (SSSR count). The molecule has 1 heterocycles. The van der Waals surface area contributed by atoms with Crippen molar-refractivity contribution in [1.82, 2.24) is 14.8 Å². The van der Waals surface area contributed by atoms with Crippen LogP contribution in [0.4, 0.5) is 0 Å². The first-order valence-electron chi connectivity index (χ1n) is 5.07. The van der Waals surface area contributed by atoms with Crippen LogP contribution in [0.25, 0.3) is 5.69 Å². The zero-order valence-electron chi connectivity index (χ0n) is 9.54. The van der Waals surface area contributed by atoms with E-state index in [2.05, 4.69) is 10.2 Å². The average Bonchev–Trinajstić information content (AvgIpc) is 2.78. The molecular formula is C11H10N4O2S. The van der Waals surface area contributed by atoms with Crippen molar-refractivity contribution in [2.45, 2.75) is 6.61 Å². The van der Waals surface area contributed by atoms with E-state index in [9.17, 15) is 5.11 Å². The van der Waals surface area contributed by atoms with Crippen LogP contribution in [0.5, 0.6) is 5.75 Å². The summed E-state index contributed by atoms with van der Waals surface area (Å²) in [5, 5.41) is 24.6. The van der Waals surface area contributed by atoms with E-state index in [-0.39, 0.29) is 6.61 Å². The molecule has 1 aromatic heterocycles. The molecule has 0 aliphatic carbocycles. The highest BCUT2D eigenvalue weighted by molar-refractivity contribution is 7.71. The number of nitriles is 1.